The van der Waals surface area contributed by atoms with E-state index in [-0.39, 0.29) is 35.8 Å². The minimum Gasteiger partial charge on any atom is -0.494 e. The van der Waals surface area contributed by atoms with E-state index in [9.17, 15) is 17.9 Å². The first kappa shape index (κ1) is 30.6. The van der Waals surface area contributed by atoms with Crippen molar-refractivity contribution in [2.45, 2.75) is 44.5 Å². The van der Waals surface area contributed by atoms with Gasteiger partial charge < -0.3 is 19.3 Å². The summed E-state index contributed by atoms with van der Waals surface area (Å²) in [5.74, 6) is -0.309. The van der Waals surface area contributed by atoms with Gasteiger partial charge in [0.15, 0.2) is 11.6 Å². The number of nitrogens with one attached hydrogen (secondary N) is 1. The first-order chi connectivity index (χ1) is 19.8. The number of nitrogens with zero attached hydrogens (tertiary/aromatic N) is 6. The Bertz CT molecular complexity index is 1620. The molecule has 2 atom stereocenters. The smallest absolute Gasteiger partial charge is 0.243 e. The third-order valence-corrected chi connectivity index (χ3v) is 8.14. The highest BCUT2D eigenvalue weighted by atomic mass is 32.2. The lowest BCUT2D eigenvalue weighted by Gasteiger charge is -2.21. The number of hydrogen-bond donors (Lipinski definition) is 2. The van der Waals surface area contributed by atoms with Gasteiger partial charge in [-0.25, -0.2) is 27.8 Å². The van der Waals surface area contributed by atoms with Crippen LogP contribution in [0.3, 0.4) is 0 Å². The first-order valence-electron chi connectivity index (χ1n) is 12.8. The minimum absolute atomic E-state index is 0.0185. The SMILES string of the molecule is COc1cccc(OC)c1-n1c(NS(=O)(=O)C(C)C(C)c2ncc(F)cn2)nnc1-c1cccc(OCC(C)(C)O)n1. The average Bonchev–Trinajstić information content (AvgIpc) is 3.37. The van der Waals surface area contributed by atoms with Gasteiger partial charge >= 0.3 is 0 Å². The van der Waals surface area contributed by atoms with Crippen LogP contribution >= 0.6 is 0 Å². The second-order valence-electron chi connectivity index (χ2n) is 10.1. The van der Waals surface area contributed by atoms with Gasteiger partial charge in [0.2, 0.25) is 21.9 Å². The van der Waals surface area contributed by atoms with E-state index in [0.29, 0.717) is 17.2 Å². The third-order valence-electron chi connectivity index (χ3n) is 6.29. The fourth-order valence-corrected chi connectivity index (χ4v) is 5.14. The predicted octanol–water partition coefficient (Wildman–Crippen LogP) is 3.36. The van der Waals surface area contributed by atoms with Crippen LogP contribution in [0.25, 0.3) is 17.2 Å². The van der Waals surface area contributed by atoms with Crippen LogP contribution in [0.1, 0.15) is 39.4 Å². The van der Waals surface area contributed by atoms with Gasteiger partial charge in [-0.05, 0) is 39.0 Å². The van der Waals surface area contributed by atoms with Gasteiger partial charge in [0.25, 0.3) is 0 Å². The van der Waals surface area contributed by atoms with Crippen LogP contribution < -0.4 is 18.9 Å². The molecule has 0 saturated heterocycles. The van der Waals surface area contributed by atoms with Gasteiger partial charge in [-0.2, -0.15) is 0 Å². The molecule has 0 aliphatic rings. The zero-order valence-electron chi connectivity index (χ0n) is 23.9. The Labute approximate surface area is 242 Å². The zero-order chi connectivity index (χ0) is 30.7. The fraction of sp³-hybridized carbons (Fsp3) is 0.370. The first-order valence-corrected chi connectivity index (χ1v) is 14.4. The summed E-state index contributed by atoms with van der Waals surface area (Å²) >= 11 is 0. The summed E-state index contributed by atoms with van der Waals surface area (Å²) < 4.78 is 61.3. The standard InChI is InChI=1S/C27H32FN7O6S/c1-16(24-29-13-18(28)14-30-24)17(2)42(37,38)34-26-33-32-25(19-9-7-12-22(31-19)41-15-27(3,4)36)35(26)23-20(39-5)10-8-11-21(23)40-6/h7-14,16-17,36H,15H2,1-6H3,(H,33,34). The van der Waals surface area contributed by atoms with Crippen molar-refractivity contribution in [2.24, 2.45) is 0 Å². The molecule has 1 aromatic carbocycles. The van der Waals surface area contributed by atoms with Gasteiger partial charge in [0.1, 0.15) is 35.3 Å². The molecular weight excluding hydrogens is 569 g/mol. The molecule has 0 spiro atoms. The minimum atomic E-state index is -4.14. The van der Waals surface area contributed by atoms with Gasteiger partial charge in [-0.3, -0.25) is 9.29 Å². The summed E-state index contributed by atoms with van der Waals surface area (Å²) in [6.45, 7) is 6.29. The maximum atomic E-state index is 13.6. The van der Waals surface area contributed by atoms with Gasteiger partial charge in [0, 0.05) is 12.0 Å². The molecule has 13 nitrogen and oxygen atoms in total. The summed E-state index contributed by atoms with van der Waals surface area (Å²) in [7, 11) is -1.22. The molecule has 0 bridgehead atoms. The van der Waals surface area contributed by atoms with Crippen LogP contribution in [0, 0.1) is 5.82 Å². The molecule has 42 heavy (non-hydrogen) atoms. The lowest BCUT2D eigenvalue weighted by Crippen LogP contribution is -2.31. The highest BCUT2D eigenvalue weighted by molar-refractivity contribution is 7.93. The lowest BCUT2D eigenvalue weighted by molar-refractivity contribution is 0.0269. The molecule has 2 unspecified atom stereocenters. The topological polar surface area (TPSA) is 163 Å². The van der Waals surface area contributed by atoms with Crippen molar-refractivity contribution in [3.8, 4) is 34.6 Å². The molecule has 0 saturated carbocycles. The summed E-state index contributed by atoms with van der Waals surface area (Å²) in [4.78, 5) is 12.4. The Balaban J connectivity index is 1.81. The van der Waals surface area contributed by atoms with Gasteiger partial charge in [0.05, 0.1) is 37.5 Å². The molecule has 3 heterocycles. The quantitative estimate of drug-likeness (QED) is 0.245. The Morgan fingerprint density at radius 1 is 1.02 bits per heavy atom. The van der Waals surface area contributed by atoms with Crippen molar-refractivity contribution in [1.29, 1.82) is 0 Å². The van der Waals surface area contributed by atoms with Crippen LogP contribution in [-0.2, 0) is 10.0 Å². The van der Waals surface area contributed by atoms with E-state index in [2.05, 4.69) is 29.9 Å². The van der Waals surface area contributed by atoms with Crippen molar-refractivity contribution < 1.29 is 32.1 Å². The third kappa shape index (κ3) is 6.74. The number of para-hydroxylation sites is 1. The number of benzene rings is 1. The number of pyridine rings is 1. The highest BCUT2D eigenvalue weighted by Crippen LogP contribution is 2.38. The van der Waals surface area contributed by atoms with Crippen molar-refractivity contribution in [2.75, 3.05) is 25.5 Å². The largest absolute Gasteiger partial charge is 0.494 e. The maximum Gasteiger partial charge on any atom is 0.243 e. The number of halogens is 1. The monoisotopic (exact) mass is 601 g/mol. The molecule has 0 aliphatic carbocycles. The lowest BCUT2D eigenvalue weighted by atomic mass is 10.1. The van der Waals surface area contributed by atoms with E-state index < -0.39 is 32.6 Å². The number of sulfonamides is 1. The number of ether oxygens (including phenoxy) is 3. The highest BCUT2D eigenvalue weighted by Gasteiger charge is 2.32. The molecule has 4 rings (SSSR count). The van der Waals surface area contributed by atoms with Crippen LogP contribution in [0.2, 0.25) is 0 Å². The fourth-order valence-electron chi connectivity index (χ4n) is 3.91. The van der Waals surface area contributed by atoms with E-state index in [1.54, 1.807) is 57.2 Å². The maximum absolute atomic E-state index is 13.6. The Morgan fingerprint density at radius 3 is 2.24 bits per heavy atom. The van der Waals surface area contributed by atoms with Gasteiger partial charge in [-0.1, -0.05) is 19.1 Å². The number of hydrogen-bond acceptors (Lipinski definition) is 11. The molecule has 0 fully saturated rings. The second-order valence-corrected chi connectivity index (χ2v) is 12.1. The summed E-state index contributed by atoms with van der Waals surface area (Å²) in [5, 5.41) is 17.4. The average molecular weight is 602 g/mol. The van der Waals surface area contributed by atoms with E-state index in [0.717, 1.165) is 12.4 Å². The molecule has 0 amide bonds. The van der Waals surface area contributed by atoms with E-state index in [4.69, 9.17) is 14.2 Å². The van der Waals surface area contributed by atoms with Crippen LogP contribution in [-0.4, -0.2) is 74.9 Å². The molecule has 15 heteroatoms. The second kappa shape index (κ2) is 12.2. The number of methoxy groups -OCH3 is 2. The summed E-state index contributed by atoms with van der Waals surface area (Å²) in [6, 6.07) is 10.00. The Morgan fingerprint density at radius 2 is 1.64 bits per heavy atom. The molecule has 0 radical (unpaired) electrons. The summed E-state index contributed by atoms with van der Waals surface area (Å²) in [5.41, 5.74) is -0.497. The molecule has 2 N–H and O–H groups in total. The summed E-state index contributed by atoms with van der Waals surface area (Å²) in [6.07, 6.45) is 1.96. The number of aliphatic hydroxyl groups is 1. The number of rotatable bonds is 12. The van der Waals surface area contributed by atoms with E-state index in [1.165, 1.54) is 25.7 Å². The van der Waals surface area contributed by atoms with Crippen molar-refractivity contribution in [3.63, 3.8) is 0 Å². The van der Waals surface area contributed by atoms with E-state index in [1.807, 2.05) is 0 Å². The molecule has 224 valence electrons. The molecule has 0 aliphatic heterocycles. The van der Waals surface area contributed by atoms with Crippen LogP contribution in [0.5, 0.6) is 17.4 Å². The predicted molar refractivity (Wildman–Crippen MR) is 152 cm³/mol. The number of anilines is 1. The Kier molecular flexibility index (Phi) is 8.92. The van der Waals surface area contributed by atoms with Crippen molar-refractivity contribution in [1.82, 2.24) is 29.7 Å². The number of aromatic nitrogens is 6. The Hall–Kier alpha value is -4.37. The zero-order valence-corrected chi connectivity index (χ0v) is 24.8. The normalized spacial score (nSPS) is 13.3. The van der Waals surface area contributed by atoms with Crippen molar-refractivity contribution >= 4 is 16.0 Å². The van der Waals surface area contributed by atoms with Crippen molar-refractivity contribution in [3.05, 3.63) is 60.4 Å². The van der Waals surface area contributed by atoms with E-state index >= 15 is 0 Å². The van der Waals surface area contributed by atoms with Gasteiger partial charge in [-0.15, -0.1) is 10.2 Å². The molecule has 3 aromatic heterocycles. The molecule has 4 aromatic rings. The van der Waals surface area contributed by atoms with Crippen LogP contribution in [0.4, 0.5) is 10.3 Å². The van der Waals surface area contributed by atoms with Crippen LogP contribution in [0.15, 0.2) is 48.8 Å². The molecular formula is C27H32FN7O6S.